The molecule has 2 N–H and O–H groups in total. The number of ether oxygens (including phenoxy) is 1. The van der Waals surface area contributed by atoms with Crippen molar-refractivity contribution in [3.63, 3.8) is 0 Å². The summed E-state index contributed by atoms with van der Waals surface area (Å²) in [5.41, 5.74) is 0.906. The van der Waals surface area contributed by atoms with Crippen molar-refractivity contribution in [3.8, 4) is 5.88 Å². The summed E-state index contributed by atoms with van der Waals surface area (Å²) in [4.78, 5) is 16.5. The van der Waals surface area contributed by atoms with Gasteiger partial charge in [0.2, 0.25) is 11.8 Å². The number of rotatable bonds is 5. The highest BCUT2D eigenvalue weighted by molar-refractivity contribution is 5.82. The second-order valence-corrected chi connectivity index (χ2v) is 5.90. The van der Waals surface area contributed by atoms with Crippen LogP contribution in [0.1, 0.15) is 39.2 Å². The Labute approximate surface area is 126 Å². The second kappa shape index (κ2) is 7.41. The summed E-state index contributed by atoms with van der Waals surface area (Å²) < 4.78 is 5.67. The smallest absolute Gasteiger partial charge is 0.237 e. The lowest BCUT2D eigenvalue weighted by Crippen LogP contribution is -2.50. The predicted molar refractivity (Wildman–Crippen MR) is 82.0 cm³/mol. The summed E-state index contributed by atoms with van der Waals surface area (Å²) in [5.74, 6) is 1.03. The van der Waals surface area contributed by atoms with Crippen LogP contribution < -0.4 is 15.4 Å². The molecule has 0 spiro atoms. The van der Waals surface area contributed by atoms with E-state index in [4.69, 9.17) is 4.74 Å². The molecule has 2 rings (SSSR count). The van der Waals surface area contributed by atoms with Crippen molar-refractivity contribution < 1.29 is 9.53 Å². The molecule has 21 heavy (non-hydrogen) atoms. The summed E-state index contributed by atoms with van der Waals surface area (Å²) in [7, 11) is 0. The molecule has 1 aromatic rings. The standard InChI is InChI=1S/C16H25N3O2/c1-11(2)21-16-13(7-5-9-18-16)10-19-15(20)14-12(3)6-4-8-17-14/h5,7,9,11-12,14,17H,4,6,8,10H2,1-3H3,(H,19,20). The first-order chi connectivity index (χ1) is 10.1. The lowest BCUT2D eigenvalue weighted by atomic mass is 9.92. The summed E-state index contributed by atoms with van der Waals surface area (Å²) in [6.07, 6.45) is 4.00. The first kappa shape index (κ1) is 15.8. The molecule has 1 aromatic heterocycles. The third kappa shape index (κ3) is 4.43. The molecule has 5 nitrogen and oxygen atoms in total. The number of hydrogen-bond donors (Lipinski definition) is 2. The summed E-state index contributed by atoms with van der Waals surface area (Å²) in [5, 5.41) is 6.28. The van der Waals surface area contributed by atoms with Gasteiger partial charge in [-0.05, 0) is 45.2 Å². The molecule has 0 saturated carbocycles. The largest absolute Gasteiger partial charge is 0.475 e. The Bertz CT molecular complexity index is 476. The molecule has 5 heteroatoms. The fourth-order valence-corrected chi connectivity index (χ4v) is 2.58. The van der Waals surface area contributed by atoms with Crippen LogP contribution in [0.2, 0.25) is 0 Å². The maximum atomic E-state index is 12.3. The van der Waals surface area contributed by atoms with Crippen LogP contribution in [0.5, 0.6) is 5.88 Å². The molecule has 0 bridgehead atoms. The fraction of sp³-hybridized carbons (Fsp3) is 0.625. The number of pyridine rings is 1. The monoisotopic (exact) mass is 291 g/mol. The second-order valence-electron chi connectivity index (χ2n) is 5.90. The van der Waals surface area contributed by atoms with E-state index in [9.17, 15) is 4.79 Å². The molecule has 1 saturated heterocycles. The quantitative estimate of drug-likeness (QED) is 0.869. The molecular formula is C16H25N3O2. The zero-order chi connectivity index (χ0) is 15.2. The number of aromatic nitrogens is 1. The number of nitrogens with one attached hydrogen (secondary N) is 2. The van der Waals surface area contributed by atoms with Gasteiger partial charge in [0, 0.05) is 18.3 Å². The number of amides is 1. The van der Waals surface area contributed by atoms with Crippen LogP contribution in [0, 0.1) is 5.92 Å². The molecule has 0 aliphatic carbocycles. The fourth-order valence-electron chi connectivity index (χ4n) is 2.58. The third-order valence-electron chi connectivity index (χ3n) is 3.70. The topological polar surface area (TPSA) is 63.2 Å². The van der Waals surface area contributed by atoms with Crippen molar-refractivity contribution >= 4 is 5.91 Å². The molecule has 0 aromatic carbocycles. The van der Waals surface area contributed by atoms with Crippen LogP contribution in [0.4, 0.5) is 0 Å². The average Bonchev–Trinajstić information content (AvgIpc) is 2.46. The molecule has 1 amide bonds. The van der Waals surface area contributed by atoms with E-state index in [1.165, 1.54) is 0 Å². The Kier molecular flexibility index (Phi) is 5.56. The molecule has 0 radical (unpaired) electrons. The van der Waals surface area contributed by atoms with Gasteiger partial charge >= 0.3 is 0 Å². The van der Waals surface area contributed by atoms with E-state index >= 15 is 0 Å². The first-order valence-electron chi connectivity index (χ1n) is 7.69. The highest BCUT2D eigenvalue weighted by atomic mass is 16.5. The minimum absolute atomic E-state index is 0.0570. The van der Waals surface area contributed by atoms with Gasteiger partial charge in [-0.2, -0.15) is 0 Å². The molecular weight excluding hydrogens is 266 g/mol. The summed E-state index contributed by atoms with van der Waals surface area (Å²) >= 11 is 0. The number of hydrogen-bond acceptors (Lipinski definition) is 4. The van der Waals surface area contributed by atoms with Crippen LogP contribution in [0.15, 0.2) is 18.3 Å². The molecule has 1 aliphatic rings. The van der Waals surface area contributed by atoms with Crippen LogP contribution >= 0.6 is 0 Å². The van der Waals surface area contributed by atoms with E-state index in [0.29, 0.717) is 18.3 Å². The Morgan fingerprint density at radius 3 is 3.10 bits per heavy atom. The van der Waals surface area contributed by atoms with Crippen LogP contribution in [-0.4, -0.2) is 29.6 Å². The van der Waals surface area contributed by atoms with Gasteiger partial charge in [-0.3, -0.25) is 4.79 Å². The summed E-state index contributed by atoms with van der Waals surface area (Å²) in [6.45, 7) is 7.40. The maximum absolute atomic E-state index is 12.3. The average molecular weight is 291 g/mol. The Morgan fingerprint density at radius 1 is 1.57 bits per heavy atom. The zero-order valence-electron chi connectivity index (χ0n) is 13.1. The Hall–Kier alpha value is -1.62. The van der Waals surface area contributed by atoms with Gasteiger partial charge in [-0.25, -0.2) is 4.98 Å². The summed E-state index contributed by atoms with van der Waals surface area (Å²) in [6, 6.07) is 3.70. The minimum Gasteiger partial charge on any atom is -0.475 e. The number of piperidine rings is 1. The van der Waals surface area contributed by atoms with Gasteiger partial charge < -0.3 is 15.4 Å². The van der Waals surface area contributed by atoms with Gasteiger partial charge in [0.15, 0.2) is 0 Å². The SMILES string of the molecule is CC(C)Oc1ncccc1CNC(=O)C1NCCCC1C. The van der Waals surface area contributed by atoms with Gasteiger partial charge in [-0.1, -0.05) is 13.0 Å². The van der Waals surface area contributed by atoms with Gasteiger partial charge in [0.25, 0.3) is 0 Å². The minimum atomic E-state index is -0.0927. The van der Waals surface area contributed by atoms with Crippen molar-refractivity contribution in [2.45, 2.75) is 52.3 Å². The third-order valence-corrected chi connectivity index (χ3v) is 3.70. The van der Waals surface area contributed by atoms with Crippen molar-refractivity contribution in [2.24, 2.45) is 5.92 Å². The van der Waals surface area contributed by atoms with Crippen LogP contribution in [0.25, 0.3) is 0 Å². The molecule has 1 fully saturated rings. The maximum Gasteiger partial charge on any atom is 0.237 e. The number of carbonyl (C=O) groups is 1. The van der Waals surface area contributed by atoms with Crippen molar-refractivity contribution in [3.05, 3.63) is 23.9 Å². The zero-order valence-corrected chi connectivity index (χ0v) is 13.1. The normalized spacial score (nSPS) is 22.1. The molecule has 116 valence electrons. The lowest BCUT2D eigenvalue weighted by molar-refractivity contribution is -0.125. The molecule has 1 aliphatic heterocycles. The van der Waals surface area contributed by atoms with Crippen LogP contribution in [-0.2, 0) is 11.3 Å². The Morgan fingerprint density at radius 2 is 2.38 bits per heavy atom. The van der Waals surface area contributed by atoms with E-state index in [2.05, 4.69) is 22.5 Å². The molecule has 2 atom stereocenters. The van der Waals surface area contributed by atoms with Crippen molar-refractivity contribution in [2.75, 3.05) is 6.54 Å². The van der Waals surface area contributed by atoms with E-state index < -0.39 is 0 Å². The number of nitrogens with zero attached hydrogens (tertiary/aromatic N) is 1. The van der Waals surface area contributed by atoms with Gasteiger partial charge in [0.05, 0.1) is 12.1 Å². The lowest BCUT2D eigenvalue weighted by Gasteiger charge is -2.29. The highest BCUT2D eigenvalue weighted by Crippen LogP contribution is 2.18. The first-order valence-corrected chi connectivity index (χ1v) is 7.69. The predicted octanol–water partition coefficient (Wildman–Crippen LogP) is 1.87. The molecule has 2 unspecified atom stereocenters. The molecule has 2 heterocycles. The highest BCUT2D eigenvalue weighted by Gasteiger charge is 2.27. The van der Waals surface area contributed by atoms with E-state index in [1.54, 1.807) is 6.20 Å². The number of carbonyl (C=O) groups excluding carboxylic acids is 1. The van der Waals surface area contributed by atoms with Crippen LogP contribution in [0.3, 0.4) is 0 Å². The van der Waals surface area contributed by atoms with E-state index in [0.717, 1.165) is 24.9 Å². The van der Waals surface area contributed by atoms with Gasteiger partial charge in [-0.15, -0.1) is 0 Å². The van der Waals surface area contributed by atoms with Gasteiger partial charge in [0.1, 0.15) is 0 Å². The van der Waals surface area contributed by atoms with E-state index in [1.807, 2.05) is 26.0 Å². The van der Waals surface area contributed by atoms with Crippen molar-refractivity contribution in [1.82, 2.24) is 15.6 Å². The van der Waals surface area contributed by atoms with E-state index in [-0.39, 0.29) is 18.1 Å². The Balaban J connectivity index is 1.94. The van der Waals surface area contributed by atoms with Crippen molar-refractivity contribution in [1.29, 1.82) is 0 Å².